The third kappa shape index (κ3) is 4.86. The summed E-state index contributed by atoms with van der Waals surface area (Å²) < 4.78 is 10.6. The second-order valence-electron chi connectivity index (χ2n) is 5.00. The number of carbonyl (C=O) groups excluding carboxylic acids is 1. The van der Waals surface area contributed by atoms with Gasteiger partial charge < -0.3 is 14.8 Å². The smallest absolute Gasteiger partial charge is 0.251 e. The Labute approximate surface area is 130 Å². The fraction of sp³-hybridized carbons (Fsp3) is 0.294. The molecule has 1 heterocycles. The molecule has 0 saturated heterocycles. The first kappa shape index (κ1) is 16.0. The molecule has 0 radical (unpaired) electrons. The second-order valence-corrected chi connectivity index (χ2v) is 5.00. The number of hydrogen-bond acceptors (Lipinski definition) is 4. The third-order valence-corrected chi connectivity index (χ3v) is 3.04. The molecule has 2 rings (SSSR count). The van der Waals surface area contributed by atoms with Crippen molar-refractivity contribution in [3.05, 3.63) is 59.9 Å². The standard InChI is InChI=1S/C17H20N2O3/c1-13(11-21-2)19-17(20)15-5-7-16(8-6-15)22-12-14-4-3-9-18-10-14/h3-10,13H,11-12H2,1-2H3,(H,19,20). The van der Waals surface area contributed by atoms with Crippen LogP contribution >= 0.6 is 0 Å². The lowest BCUT2D eigenvalue weighted by molar-refractivity contribution is 0.0905. The summed E-state index contributed by atoms with van der Waals surface area (Å²) in [5.41, 5.74) is 1.59. The van der Waals surface area contributed by atoms with Crippen LogP contribution in [0.2, 0.25) is 0 Å². The lowest BCUT2D eigenvalue weighted by Crippen LogP contribution is -2.35. The summed E-state index contributed by atoms with van der Waals surface area (Å²) in [6, 6.07) is 10.8. The van der Waals surface area contributed by atoms with Gasteiger partial charge in [0.05, 0.1) is 6.61 Å². The number of ether oxygens (including phenoxy) is 2. The predicted octanol–water partition coefficient (Wildman–Crippen LogP) is 2.43. The zero-order valence-corrected chi connectivity index (χ0v) is 12.8. The Morgan fingerprint density at radius 1 is 1.27 bits per heavy atom. The van der Waals surface area contributed by atoms with E-state index in [2.05, 4.69) is 10.3 Å². The molecule has 0 aliphatic heterocycles. The van der Waals surface area contributed by atoms with Crippen molar-refractivity contribution >= 4 is 5.91 Å². The highest BCUT2D eigenvalue weighted by Gasteiger charge is 2.09. The van der Waals surface area contributed by atoms with Crippen LogP contribution in [0.25, 0.3) is 0 Å². The number of amides is 1. The maximum absolute atomic E-state index is 12.0. The van der Waals surface area contributed by atoms with Crippen molar-refractivity contribution in [1.29, 1.82) is 0 Å². The molecule has 2 aromatic rings. The number of nitrogens with one attached hydrogen (secondary N) is 1. The van der Waals surface area contributed by atoms with Crippen LogP contribution in [0.5, 0.6) is 5.75 Å². The first-order valence-corrected chi connectivity index (χ1v) is 7.10. The molecular weight excluding hydrogens is 280 g/mol. The Bertz CT molecular complexity index is 585. The lowest BCUT2D eigenvalue weighted by atomic mass is 10.2. The molecule has 22 heavy (non-hydrogen) atoms. The molecule has 0 bridgehead atoms. The Balaban J connectivity index is 1.88. The molecule has 0 aliphatic carbocycles. The van der Waals surface area contributed by atoms with Crippen molar-refractivity contribution in [2.24, 2.45) is 0 Å². The van der Waals surface area contributed by atoms with Crippen molar-refractivity contribution < 1.29 is 14.3 Å². The van der Waals surface area contributed by atoms with Crippen LogP contribution in [-0.2, 0) is 11.3 Å². The quantitative estimate of drug-likeness (QED) is 0.853. The van der Waals surface area contributed by atoms with Crippen LogP contribution in [-0.4, -0.2) is 30.6 Å². The second kappa shape index (κ2) is 8.14. The number of methoxy groups -OCH3 is 1. The maximum Gasteiger partial charge on any atom is 0.251 e. The van der Waals surface area contributed by atoms with Crippen LogP contribution in [0.4, 0.5) is 0 Å². The topological polar surface area (TPSA) is 60.5 Å². The molecule has 116 valence electrons. The summed E-state index contributed by atoms with van der Waals surface area (Å²) in [6.45, 7) is 2.83. The van der Waals surface area contributed by atoms with Crippen LogP contribution in [0.1, 0.15) is 22.8 Å². The summed E-state index contributed by atoms with van der Waals surface area (Å²) in [6.07, 6.45) is 3.49. The molecular formula is C17H20N2O3. The van der Waals surface area contributed by atoms with Gasteiger partial charge in [-0.3, -0.25) is 9.78 Å². The largest absolute Gasteiger partial charge is 0.489 e. The van der Waals surface area contributed by atoms with E-state index in [1.165, 1.54) is 0 Å². The third-order valence-electron chi connectivity index (χ3n) is 3.04. The van der Waals surface area contributed by atoms with Gasteiger partial charge in [0.1, 0.15) is 12.4 Å². The number of rotatable bonds is 7. The monoisotopic (exact) mass is 300 g/mol. The van der Waals surface area contributed by atoms with Crippen LogP contribution in [0, 0.1) is 0 Å². The number of benzene rings is 1. The zero-order valence-electron chi connectivity index (χ0n) is 12.8. The van der Waals surface area contributed by atoms with E-state index in [9.17, 15) is 4.79 Å². The van der Waals surface area contributed by atoms with Crippen molar-refractivity contribution in [3.63, 3.8) is 0 Å². The minimum Gasteiger partial charge on any atom is -0.489 e. The predicted molar refractivity (Wildman–Crippen MR) is 83.8 cm³/mol. The highest BCUT2D eigenvalue weighted by atomic mass is 16.5. The van der Waals surface area contributed by atoms with Gasteiger partial charge in [0, 0.05) is 36.7 Å². The number of nitrogens with zero attached hydrogens (tertiary/aromatic N) is 1. The van der Waals surface area contributed by atoms with Crippen LogP contribution < -0.4 is 10.1 Å². The molecule has 1 aromatic carbocycles. The number of aromatic nitrogens is 1. The fourth-order valence-electron chi connectivity index (χ4n) is 1.95. The van der Waals surface area contributed by atoms with Gasteiger partial charge in [0.25, 0.3) is 5.91 Å². The molecule has 0 fully saturated rings. The van der Waals surface area contributed by atoms with E-state index in [1.54, 1.807) is 43.8 Å². The van der Waals surface area contributed by atoms with Gasteiger partial charge in [0.2, 0.25) is 0 Å². The van der Waals surface area contributed by atoms with E-state index in [4.69, 9.17) is 9.47 Å². The van der Waals surface area contributed by atoms with Crippen molar-refractivity contribution in [2.75, 3.05) is 13.7 Å². The van der Waals surface area contributed by atoms with Crippen molar-refractivity contribution in [2.45, 2.75) is 19.6 Å². The van der Waals surface area contributed by atoms with Gasteiger partial charge in [-0.2, -0.15) is 0 Å². The summed E-state index contributed by atoms with van der Waals surface area (Å²) >= 11 is 0. The summed E-state index contributed by atoms with van der Waals surface area (Å²) in [5.74, 6) is 0.591. The fourth-order valence-corrected chi connectivity index (χ4v) is 1.95. The molecule has 0 aliphatic rings. The first-order valence-electron chi connectivity index (χ1n) is 7.10. The summed E-state index contributed by atoms with van der Waals surface area (Å²) in [7, 11) is 1.61. The van der Waals surface area contributed by atoms with Crippen molar-refractivity contribution in [1.82, 2.24) is 10.3 Å². The maximum atomic E-state index is 12.0. The van der Waals surface area contributed by atoms with Crippen LogP contribution in [0.3, 0.4) is 0 Å². The molecule has 0 spiro atoms. The summed E-state index contributed by atoms with van der Waals surface area (Å²) in [4.78, 5) is 16.0. The van der Waals surface area contributed by atoms with E-state index in [-0.39, 0.29) is 11.9 Å². The molecule has 1 atom stereocenters. The minimum absolute atomic E-state index is 0.0287. The first-order chi connectivity index (χ1) is 10.7. The molecule has 1 amide bonds. The normalized spacial score (nSPS) is 11.7. The van der Waals surface area contributed by atoms with Gasteiger partial charge in [-0.1, -0.05) is 6.07 Å². The van der Waals surface area contributed by atoms with Gasteiger partial charge in [-0.15, -0.1) is 0 Å². The molecule has 0 saturated carbocycles. The molecule has 5 heteroatoms. The van der Waals surface area contributed by atoms with Gasteiger partial charge in [0.15, 0.2) is 0 Å². The highest BCUT2D eigenvalue weighted by Crippen LogP contribution is 2.14. The average molecular weight is 300 g/mol. The Morgan fingerprint density at radius 2 is 2.05 bits per heavy atom. The SMILES string of the molecule is COCC(C)NC(=O)c1ccc(OCc2cccnc2)cc1. The van der Waals surface area contributed by atoms with E-state index >= 15 is 0 Å². The molecule has 1 unspecified atom stereocenters. The van der Waals surface area contributed by atoms with E-state index in [0.717, 1.165) is 5.56 Å². The van der Waals surface area contributed by atoms with E-state index in [1.807, 2.05) is 19.1 Å². The Morgan fingerprint density at radius 3 is 2.68 bits per heavy atom. The number of pyridine rings is 1. The molecule has 1 aromatic heterocycles. The average Bonchev–Trinajstić information content (AvgIpc) is 2.54. The van der Waals surface area contributed by atoms with E-state index < -0.39 is 0 Å². The highest BCUT2D eigenvalue weighted by molar-refractivity contribution is 5.94. The molecule has 1 N–H and O–H groups in total. The number of hydrogen-bond donors (Lipinski definition) is 1. The lowest BCUT2D eigenvalue weighted by Gasteiger charge is -2.13. The van der Waals surface area contributed by atoms with Gasteiger partial charge >= 0.3 is 0 Å². The Kier molecular flexibility index (Phi) is 5.91. The van der Waals surface area contributed by atoms with Gasteiger partial charge in [-0.25, -0.2) is 0 Å². The van der Waals surface area contributed by atoms with Crippen LogP contribution in [0.15, 0.2) is 48.8 Å². The summed E-state index contributed by atoms with van der Waals surface area (Å²) in [5, 5.41) is 2.86. The van der Waals surface area contributed by atoms with Gasteiger partial charge in [-0.05, 0) is 37.3 Å². The Hall–Kier alpha value is -2.40. The van der Waals surface area contributed by atoms with Crippen molar-refractivity contribution in [3.8, 4) is 5.75 Å². The number of carbonyl (C=O) groups is 1. The van der Waals surface area contributed by atoms with E-state index in [0.29, 0.717) is 24.5 Å². The molecule has 5 nitrogen and oxygen atoms in total. The minimum atomic E-state index is -0.122. The zero-order chi connectivity index (χ0) is 15.8.